The van der Waals surface area contributed by atoms with Crippen molar-refractivity contribution in [2.24, 2.45) is 0 Å². The van der Waals surface area contributed by atoms with Crippen LogP contribution in [0, 0.1) is 12.7 Å². The molecule has 2 nitrogen and oxygen atoms in total. The van der Waals surface area contributed by atoms with Crippen LogP contribution in [0.5, 0.6) is 5.75 Å². The number of benzene rings is 2. The molecule has 2 aromatic carbocycles. The lowest BCUT2D eigenvalue weighted by atomic mass is 10.2. The molecule has 0 aliphatic carbocycles. The van der Waals surface area contributed by atoms with Gasteiger partial charge >= 0.3 is 0 Å². The summed E-state index contributed by atoms with van der Waals surface area (Å²) in [5.41, 5.74) is 7.88. The predicted molar refractivity (Wildman–Crippen MR) is 74.0 cm³/mol. The Bertz CT molecular complexity index is 572. The Kier molecular flexibility index (Phi) is 3.87. The molecule has 0 spiro atoms. The minimum Gasteiger partial charge on any atom is -0.486 e. The smallest absolute Gasteiger partial charge is 0.167 e. The van der Waals surface area contributed by atoms with E-state index in [0.717, 1.165) is 10.0 Å². The molecule has 2 aromatic rings. The predicted octanol–water partition coefficient (Wildman–Crippen LogP) is 4.06. The molecule has 0 saturated heterocycles. The number of hydrogen-bond acceptors (Lipinski definition) is 2. The van der Waals surface area contributed by atoms with E-state index in [9.17, 15) is 4.39 Å². The van der Waals surface area contributed by atoms with Crippen LogP contribution in [0.4, 0.5) is 10.1 Å². The first-order valence-corrected chi connectivity index (χ1v) is 6.29. The Balaban J connectivity index is 2.11. The van der Waals surface area contributed by atoms with Crippen molar-refractivity contribution in [3.63, 3.8) is 0 Å². The highest BCUT2D eigenvalue weighted by molar-refractivity contribution is 9.10. The second kappa shape index (κ2) is 5.40. The fourth-order valence-electron chi connectivity index (χ4n) is 1.58. The average Bonchev–Trinajstić information content (AvgIpc) is 2.35. The van der Waals surface area contributed by atoms with Gasteiger partial charge in [-0.2, -0.15) is 0 Å². The summed E-state index contributed by atoms with van der Waals surface area (Å²) in [7, 11) is 0. The van der Waals surface area contributed by atoms with Crippen LogP contribution < -0.4 is 10.5 Å². The van der Waals surface area contributed by atoms with Crippen LogP contribution >= 0.6 is 15.9 Å². The van der Waals surface area contributed by atoms with Gasteiger partial charge in [0.15, 0.2) is 11.6 Å². The Morgan fingerprint density at radius 1 is 1.28 bits per heavy atom. The molecule has 2 N–H and O–H groups in total. The van der Waals surface area contributed by atoms with Crippen LogP contribution in [-0.2, 0) is 6.61 Å². The van der Waals surface area contributed by atoms with Crippen LogP contribution in [0.1, 0.15) is 11.1 Å². The third kappa shape index (κ3) is 2.82. The maximum atomic E-state index is 13.7. The summed E-state index contributed by atoms with van der Waals surface area (Å²) in [6.45, 7) is 2.00. The maximum absolute atomic E-state index is 13.7. The molecule has 4 heteroatoms. The average molecular weight is 310 g/mol. The lowest BCUT2D eigenvalue weighted by Gasteiger charge is -2.09. The van der Waals surface area contributed by atoms with Crippen LogP contribution in [0.3, 0.4) is 0 Å². The van der Waals surface area contributed by atoms with Crippen molar-refractivity contribution >= 4 is 21.6 Å². The molecule has 0 aliphatic rings. The molecule has 18 heavy (non-hydrogen) atoms. The lowest BCUT2D eigenvalue weighted by Crippen LogP contribution is -1.99. The zero-order chi connectivity index (χ0) is 13.1. The van der Waals surface area contributed by atoms with Crippen molar-refractivity contribution in [1.82, 2.24) is 0 Å². The zero-order valence-corrected chi connectivity index (χ0v) is 11.5. The normalized spacial score (nSPS) is 10.4. The van der Waals surface area contributed by atoms with Crippen molar-refractivity contribution in [2.75, 3.05) is 5.73 Å². The van der Waals surface area contributed by atoms with Gasteiger partial charge in [-0.05, 0) is 52.2 Å². The molecule has 0 fully saturated rings. The van der Waals surface area contributed by atoms with E-state index < -0.39 is 0 Å². The molecule has 0 bridgehead atoms. The van der Waals surface area contributed by atoms with Crippen molar-refractivity contribution in [3.8, 4) is 5.75 Å². The quantitative estimate of drug-likeness (QED) is 0.868. The number of halogens is 2. The Labute approximate surface area is 114 Å². The largest absolute Gasteiger partial charge is 0.486 e. The molecule has 2 rings (SSSR count). The Morgan fingerprint density at radius 2 is 2.06 bits per heavy atom. The van der Waals surface area contributed by atoms with Gasteiger partial charge in [0.05, 0.1) is 0 Å². The van der Waals surface area contributed by atoms with E-state index in [4.69, 9.17) is 10.5 Å². The summed E-state index contributed by atoms with van der Waals surface area (Å²) in [5.74, 6) is -0.0564. The SMILES string of the molecule is Cc1cccc(OCc2ccc(Br)c(N)c2)c1F. The second-order valence-corrected chi connectivity index (χ2v) is 4.89. The molecule has 0 aliphatic heterocycles. The monoisotopic (exact) mass is 309 g/mol. The molecule has 0 unspecified atom stereocenters. The molecule has 0 amide bonds. The van der Waals surface area contributed by atoms with Gasteiger partial charge in [0.25, 0.3) is 0 Å². The van der Waals surface area contributed by atoms with Crippen molar-refractivity contribution in [2.45, 2.75) is 13.5 Å². The van der Waals surface area contributed by atoms with Crippen LogP contribution in [-0.4, -0.2) is 0 Å². The first-order valence-electron chi connectivity index (χ1n) is 5.50. The van der Waals surface area contributed by atoms with Gasteiger partial charge in [-0.1, -0.05) is 18.2 Å². The fraction of sp³-hybridized carbons (Fsp3) is 0.143. The van der Waals surface area contributed by atoms with E-state index in [-0.39, 0.29) is 18.2 Å². The molecule has 0 saturated carbocycles. The molecule has 0 aromatic heterocycles. The molecule has 94 valence electrons. The van der Waals surface area contributed by atoms with E-state index in [1.165, 1.54) is 0 Å². The van der Waals surface area contributed by atoms with Gasteiger partial charge < -0.3 is 10.5 Å². The molecule has 0 radical (unpaired) electrons. The van der Waals surface area contributed by atoms with Crippen molar-refractivity contribution in [1.29, 1.82) is 0 Å². The van der Waals surface area contributed by atoms with E-state index in [2.05, 4.69) is 15.9 Å². The minimum absolute atomic E-state index is 0.261. The highest BCUT2D eigenvalue weighted by Gasteiger charge is 2.06. The highest BCUT2D eigenvalue weighted by Crippen LogP contribution is 2.23. The number of nitrogen functional groups attached to an aromatic ring is 1. The summed E-state index contributed by atoms with van der Waals surface area (Å²) in [6.07, 6.45) is 0. The van der Waals surface area contributed by atoms with Crippen molar-refractivity contribution in [3.05, 3.63) is 57.8 Å². The van der Waals surface area contributed by atoms with Crippen LogP contribution in [0.25, 0.3) is 0 Å². The first-order chi connectivity index (χ1) is 8.58. The number of ether oxygens (including phenoxy) is 1. The third-order valence-corrected chi connectivity index (χ3v) is 3.33. The fourth-order valence-corrected chi connectivity index (χ4v) is 1.82. The zero-order valence-electron chi connectivity index (χ0n) is 9.91. The molecule has 0 heterocycles. The van der Waals surface area contributed by atoms with Gasteiger partial charge in [-0.15, -0.1) is 0 Å². The Hall–Kier alpha value is -1.55. The maximum Gasteiger partial charge on any atom is 0.167 e. The van der Waals surface area contributed by atoms with Gasteiger partial charge in [-0.25, -0.2) is 4.39 Å². The number of nitrogens with two attached hydrogens (primary N) is 1. The summed E-state index contributed by atoms with van der Waals surface area (Å²) in [5, 5.41) is 0. The van der Waals surface area contributed by atoms with Gasteiger partial charge in [-0.3, -0.25) is 0 Å². The summed E-state index contributed by atoms with van der Waals surface area (Å²) < 4.78 is 20.0. The number of rotatable bonds is 3. The third-order valence-electron chi connectivity index (χ3n) is 2.61. The number of aryl methyl sites for hydroxylation is 1. The molecule has 0 atom stereocenters. The second-order valence-electron chi connectivity index (χ2n) is 4.03. The summed E-state index contributed by atoms with van der Waals surface area (Å²) in [6, 6.07) is 10.6. The molecular formula is C14H13BrFNO. The lowest BCUT2D eigenvalue weighted by molar-refractivity contribution is 0.289. The summed E-state index contributed by atoms with van der Waals surface area (Å²) >= 11 is 3.32. The first kappa shape index (κ1) is 12.9. The summed E-state index contributed by atoms with van der Waals surface area (Å²) in [4.78, 5) is 0. The molecular weight excluding hydrogens is 297 g/mol. The van der Waals surface area contributed by atoms with E-state index in [0.29, 0.717) is 11.3 Å². The standard InChI is InChI=1S/C14H13BrFNO/c1-9-3-2-4-13(14(9)16)18-8-10-5-6-11(15)12(17)7-10/h2-7H,8,17H2,1H3. The van der Waals surface area contributed by atoms with Crippen LogP contribution in [0.15, 0.2) is 40.9 Å². The van der Waals surface area contributed by atoms with Crippen molar-refractivity contribution < 1.29 is 9.13 Å². The number of hydrogen-bond donors (Lipinski definition) is 1. The van der Waals surface area contributed by atoms with Gasteiger partial charge in [0.1, 0.15) is 6.61 Å². The van der Waals surface area contributed by atoms with E-state index in [1.54, 1.807) is 31.2 Å². The van der Waals surface area contributed by atoms with Crippen LogP contribution in [0.2, 0.25) is 0 Å². The van der Waals surface area contributed by atoms with Gasteiger partial charge in [0, 0.05) is 10.2 Å². The topological polar surface area (TPSA) is 35.2 Å². The number of anilines is 1. The highest BCUT2D eigenvalue weighted by atomic mass is 79.9. The minimum atomic E-state index is -0.317. The van der Waals surface area contributed by atoms with E-state index in [1.807, 2.05) is 12.1 Å². The van der Waals surface area contributed by atoms with Gasteiger partial charge in [0.2, 0.25) is 0 Å². The Morgan fingerprint density at radius 3 is 2.78 bits per heavy atom. The van der Waals surface area contributed by atoms with E-state index >= 15 is 0 Å².